The lowest BCUT2D eigenvalue weighted by Crippen LogP contribution is -2.66. The van der Waals surface area contributed by atoms with E-state index in [2.05, 4.69) is 28.1 Å². The molecule has 4 rings (SSSR count). The van der Waals surface area contributed by atoms with Gasteiger partial charge < -0.3 is 19.3 Å². The molecule has 1 amide bonds. The van der Waals surface area contributed by atoms with Gasteiger partial charge in [-0.1, -0.05) is 6.07 Å². The first-order valence-corrected chi connectivity index (χ1v) is 10.6. The van der Waals surface area contributed by atoms with Gasteiger partial charge in [0.15, 0.2) is 0 Å². The van der Waals surface area contributed by atoms with E-state index in [9.17, 15) is 4.79 Å². The van der Waals surface area contributed by atoms with E-state index in [1.807, 2.05) is 23.4 Å². The van der Waals surface area contributed by atoms with Gasteiger partial charge in [-0.2, -0.15) is 5.10 Å². The van der Waals surface area contributed by atoms with Crippen molar-refractivity contribution >= 4 is 5.91 Å². The fourth-order valence-electron chi connectivity index (χ4n) is 4.36. The van der Waals surface area contributed by atoms with Crippen LogP contribution in [0.25, 0.3) is 0 Å². The topological polar surface area (TPSA) is 72.7 Å². The van der Waals surface area contributed by atoms with Gasteiger partial charge >= 0.3 is 0 Å². The highest BCUT2D eigenvalue weighted by atomic mass is 16.5. The number of nitrogens with zero attached hydrogens (tertiary/aromatic N) is 5. The maximum absolute atomic E-state index is 12.7. The highest BCUT2D eigenvalue weighted by Gasteiger charge is 2.48. The van der Waals surface area contributed by atoms with E-state index in [0.29, 0.717) is 37.9 Å². The van der Waals surface area contributed by atoms with Gasteiger partial charge in [0.25, 0.3) is 5.91 Å². The number of hydrogen-bond donors (Lipinski definition) is 0. The maximum atomic E-state index is 12.7. The molecule has 1 atom stereocenters. The summed E-state index contributed by atoms with van der Waals surface area (Å²) in [6.07, 6.45) is 7.68. The number of pyridine rings is 1. The minimum absolute atomic E-state index is 0.0151. The number of methoxy groups -OCH3 is 1. The molecule has 0 aliphatic carbocycles. The molecule has 2 aliphatic rings. The molecule has 8 nitrogen and oxygen atoms in total. The van der Waals surface area contributed by atoms with Crippen molar-refractivity contribution < 1.29 is 14.3 Å². The van der Waals surface area contributed by atoms with Gasteiger partial charge in [-0.15, -0.1) is 0 Å². The summed E-state index contributed by atoms with van der Waals surface area (Å²) >= 11 is 0. The second-order valence-corrected chi connectivity index (χ2v) is 8.57. The molecule has 1 unspecified atom stereocenters. The fourth-order valence-corrected chi connectivity index (χ4v) is 4.36. The van der Waals surface area contributed by atoms with Crippen LogP contribution >= 0.6 is 0 Å². The third kappa shape index (κ3) is 4.88. The van der Waals surface area contributed by atoms with Gasteiger partial charge in [-0.25, -0.2) is 0 Å². The molecule has 2 aromatic rings. The number of carbonyl (C=O) groups excluding carboxylic acids is 1. The lowest BCUT2D eigenvalue weighted by molar-refractivity contribution is -0.168. The minimum Gasteiger partial charge on any atom is -0.383 e. The number of aromatic nitrogens is 3. The monoisotopic (exact) mass is 413 g/mol. The average Bonchev–Trinajstić information content (AvgIpc) is 3.20. The van der Waals surface area contributed by atoms with Crippen molar-refractivity contribution in [1.29, 1.82) is 0 Å². The van der Waals surface area contributed by atoms with Crippen LogP contribution in [0.4, 0.5) is 0 Å². The molecule has 0 aromatic carbocycles. The quantitative estimate of drug-likeness (QED) is 0.656. The molecule has 2 fully saturated rings. The lowest BCUT2D eigenvalue weighted by atomic mass is 9.82. The largest absolute Gasteiger partial charge is 0.383 e. The Kier molecular flexibility index (Phi) is 6.46. The third-order valence-electron chi connectivity index (χ3n) is 6.01. The molecule has 2 saturated heterocycles. The SMILES string of the molecule is COCCn1ccc(C(=O)N2CC3(CCC(CN(C)Cc4cccnc4)CO3)C2)n1. The highest BCUT2D eigenvalue weighted by Crippen LogP contribution is 2.36. The van der Waals surface area contributed by atoms with Crippen LogP contribution in [-0.2, 0) is 22.6 Å². The van der Waals surface area contributed by atoms with Crippen LogP contribution in [0.3, 0.4) is 0 Å². The number of amides is 1. The Balaban J connectivity index is 1.20. The van der Waals surface area contributed by atoms with Crippen LogP contribution in [0.1, 0.15) is 28.9 Å². The Hall–Kier alpha value is -2.29. The molecule has 0 bridgehead atoms. The summed E-state index contributed by atoms with van der Waals surface area (Å²) in [6, 6.07) is 5.86. The first-order chi connectivity index (χ1) is 14.6. The van der Waals surface area contributed by atoms with Crippen LogP contribution < -0.4 is 0 Å². The molecule has 2 aromatic heterocycles. The van der Waals surface area contributed by atoms with Gasteiger partial charge in [0.1, 0.15) is 11.3 Å². The molecule has 30 heavy (non-hydrogen) atoms. The van der Waals surface area contributed by atoms with Crippen LogP contribution in [0.2, 0.25) is 0 Å². The van der Waals surface area contributed by atoms with E-state index < -0.39 is 0 Å². The van der Waals surface area contributed by atoms with Gasteiger partial charge in [-0.05, 0) is 43.5 Å². The summed E-state index contributed by atoms with van der Waals surface area (Å²) in [4.78, 5) is 21.0. The molecule has 1 spiro atoms. The Morgan fingerprint density at radius 2 is 2.27 bits per heavy atom. The molecule has 0 N–H and O–H groups in total. The van der Waals surface area contributed by atoms with Crippen LogP contribution in [0, 0.1) is 5.92 Å². The molecule has 2 aliphatic heterocycles. The van der Waals surface area contributed by atoms with Gasteiger partial charge in [0, 0.05) is 38.8 Å². The predicted octanol–water partition coefficient (Wildman–Crippen LogP) is 1.68. The van der Waals surface area contributed by atoms with Gasteiger partial charge in [0.05, 0.1) is 32.8 Å². The van der Waals surface area contributed by atoms with Crippen LogP contribution in [-0.4, -0.2) is 83.1 Å². The zero-order valence-electron chi connectivity index (χ0n) is 17.9. The molecule has 0 saturated carbocycles. The Bertz CT molecular complexity index is 824. The molecule has 162 valence electrons. The van der Waals surface area contributed by atoms with E-state index in [1.54, 1.807) is 24.1 Å². The van der Waals surface area contributed by atoms with E-state index in [1.165, 1.54) is 5.56 Å². The number of rotatable bonds is 8. The Morgan fingerprint density at radius 1 is 1.40 bits per heavy atom. The van der Waals surface area contributed by atoms with Gasteiger partial charge in [-0.3, -0.25) is 14.5 Å². The summed E-state index contributed by atoms with van der Waals surface area (Å²) in [7, 11) is 3.80. The van der Waals surface area contributed by atoms with Crippen molar-refractivity contribution in [3.63, 3.8) is 0 Å². The smallest absolute Gasteiger partial charge is 0.274 e. The minimum atomic E-state index is -0.160. The second kappa shape index (κ2) is 9.24. The predicted molar refractivity (Wildman–Crippen MR) is 112 cm³/mol. The average molecular weight is 414 g/mol. The molecule has 4 heterocycles. The van der Waals surface area contributed by atoms with E-state index in [0.717, 1.165) is 32.5 Å². The number of likely N-dealkylation sites (tertiary alicyclic amines) is 1. The van der Waals surface area contributed by atoms with Gasteiger partial charge in [0.2, 0.25) is 0 Å². The first kappa shape index (κ1) is 21.0. The fraction of sp³-hybridized carbons (Fsp3) is 0.591. The standard InChI is InChI=1S/C22H31N5O3/c1-25(13-18-4-3-8-23-12-18)14-19-5-7-22(30-15-19)16-26(17-22)21(28)20-6-9-27(24-20)10-11-29-2/h3-4,6,8-9,12,19H,5,7,10-11,13-17H2,1-2H3. The van der Waals surface area contributed by atoms with Crippen molar-refractivity contribution in [3.05, 3.63) is 48.0 Å². The first-order valence-electron chi connectivity index (χ1n) is 10.6. The third-order valence-corrected chi connectivity index (χ3v) is 6.01. The highest BCUT2D eigenvalue weighted by molar-refractivity contribution is 5.93. The van der Waals surface area contributed by atoms with E-state index in [-0.39, 0.29) is 11.5 Å². The Morgan fingerprint density at radius 3 is 2.97 bits per heavy atom. The van der Waals surface area contributed by atoms with Crippen molar-refractivity contribution in [2.45, 2.75) is 31.5 Å². The molecule has 0 radical (unpaired) electrons. The summed E-state index contributed by atoms with van der Waals surface area (Å²) in [5, 5.41) is 4.36. The van der Waals surface area contributed by atoms with Crippen molar-refractivity contribution in [1.82, 2.24) is 24.6 Å². The zero-order valence-corrected chi connectivity index (χ0v) is 17.9. The number of ether oxygens (including phenoxy) is 2. The van der Waals surface area contributed by atoms with Crippen molar-refractivity contribution in [2.24, 2.45) is 5.92 Å². The molecular weight excluding hydrogens is 382 g/mol. The molecular formula is C22H31N5O3. The van der Waals surface area contributed by atoms with Crippen LogP contribution in [0.5, 0.6) is 0 Å². The van der Waals surface area contributed by atoms with Crippen molar-refractivity contribution in [3.8, 4) is 0 Å². The van der Waals surface area contributed by atoms with E-state index >= 15 is 0 Å². The van der Waals surface area contributed by atoms with Crippen molar-refractivity contribution in [2.75, 3.05) is 47.0 Å². The number of carbonyl (C=O) groups is 1. The van der Waals surface area contributed by atoms with E-state index in [4.69, 9.17) is 9.47 Å². The summed E-state index contributed by atoms with van der Waals surface area (Å²) < 4.78 is 13.1. The summed E-state index contributed by atoms with van der Waals surface area (Å²) in [5.74, 6) is 0.511. The second-order valence-electron chi connectivity index (χ2n) is 8.57. The Labute approximate surface area is 177 Å². The lowest BCUT2D eigenvalue weighted by Gasteiger charge is -2.52. The number of hydrogen-bond acceptors (Lipinski definition) is 6. The normalized spacial score (nSPS) is 20.5. The zero-order chi connectivity index (χ0) is 21.0. The molecule has 8 heteroatoms. The summed E-state index contributed by atoms with van der Waals surface area (Å²) in [6.45, 7) is 5.21. The summed E-state index contributed by atoms with van der Waals surface area (Å²) in [5.41, 5.74) is 1.56. The maximum Gasteiger partial charge on any atom is 0.274 e. The van der Waals surface area contributed by atoms with Crippen LogP contribution in [0.15, 0.2) is 36.8 Å².